The number of benzene rings is 3. The van der Waals surface area contributed by atoms with E-state index >= 15 is 0 Å². The van der Waals surface area contributed by atoms with Gasteiger partial charge in [-0.3, -0.25) is 9.59 Å². The molecule has 9 nitrogen and oxygen atoms in total. The fourth-order valence-electron chi connectivity index (χ4n) is 4.19. The summed E-state index contributed by atoms with van der Waals surface area (Å²) < 4.78 is 50.3. The summed E-state index contributed by atoms with van der Waals surface area (Å²) >= 11 is 0. The lowest BCUT2D eigenvalue weighted by Crippen LogP contribution is -2.48. The fourth-order valence-corrected chi connectivity index (χ4v) is 4.71. The van der Waals surface area contributed by atoms with Gasteiger partial charge in [-0.1, -0.05) is 31.2 Å². The Bertz CT molecular complexity index is 1430. The van der Waals surface area contributed by atoms with E-state index in [9.17, 15) is 31.9 Å². The topological polar surface area (TPSA) is 151 Å². The number of hydrogen-bond donors (Lipinski definition) is 5. The molecule has 0 radical (unpaired) electrons. The number of carbonyl (C=O) groups excluding carboxylic acids is 2. The lowest BCUT2D eigenvalue weighted by atomic mass is 10.00. The maximum atomic E-state index is 13.8. The zero-order chi connectivity index (χ0) is 30.0. The van der Waals surface area contributed by atoms with Gasteiger partial charge in [0.25, 0.3) is 0 Å². The molecule has 0 aliphatic carbocycles. The first-order chi connectivity index (χ1) is 19.4. The lowest BCUT2D eigenvalue weighted by molar-refractivity contribution is -0.125. The van der Waals surface area contributed by atoms with Crippen LogP contribution >= 0.6 is 0 Å². The average Bonchev–Trinajstić information content (AvgIpc) is 2.91. The molecule has 3 aromatic rings. The number of hydrogen-bond acceptors (Lipinski definition) is 6. The van der Waals surface area contributed by atoms with E-state index in [0.717, 1.165) is 30.2 Å². The second-order valence-corrected chi connectivity index (χ2v) is 11.2. The fraction of sp³-hybridized carbons (Fsp3) is 0.310. The van der Waals surface area contributed by atoms with Gasteiger partial charge in [0.15, 0.2) is 0 Å². The van der Waals surface area contributed by atoms with Crippen molar-refractivity contribution in [1.29, 1.82) is 0 Å². The first kappa shape index (κ1) is 31.8. The van der Waals surface area contributed by atoms with Crippen molar-refractivity contribution in [3.05, 3.63) is 95.1 Å². The molecule has 0 aliphatic heterocycles. The SMILES string of the molecule is CCc1cccc(CNC[C@@H](O)[C@H](Cc2cc(F)cc(F)c2)NC(=O)CCC(=O)Nc2ccc(S(N)(=O)=O)cc2)c1. The summed E-state index contributed by atoms with van der Waals surface area (Å²) in [6, 6.07) is 15.3. The Kier molecular flexibility index (Phi) is 11.5. The molecule has 0 heterocycles. The van der Waals surface area contributed by atoms with Crippen LogP contribution < -0.4 is 21.1 Å². The van der Waals surface area contributed by atoms with Gasteiger partial charge < -0.3 is 21.1 Å². The minimum Gasteiger partial charge on any atom is -0.390 e. The van der Waals surface area contributed by atoms with Gasteiger partial charge in [0.05, 0.1) is 17.0 Å². The number of aliphatic hydroxyl groups excluding tert-OH is 1. The standard InChI is InChI=1S/C29H34F2N4O5S/c1-2-19-4-3-5-20(12-19)17-33-18-27(36)26(15-21-13-22(30)16-23(31)14-21)35-29(38)11-10-28(37)34-24-6-8-25(9-7-24)41(32,39)40/h3-9,12-14,16,26-27,33,36H,2,10-11,15,17-18H2,1H3,(H,34,37)(H,35,38)(H2,32,39,40)/t26-,27+/m0/s1. The summed E-state index contributed by atoms with van der Waals surface area (Å²) in [5, 5.41) is 24.3. The number of carbonyl (C=O) groups is 2. The minimum atomic E-state index is -3.87. The molecule has 0 fully saturated rings. The number of sulfonamides is 1. The molecule has 0 aliphatic rings. The third-order valence-corrected chi connectivity index (χ3v) is 7.25. The molecule has 2 amide bonds. The number of nitrogens with two attached hydrogens (primary N) is 1. The van der Waals surface area contributed by atoms with Crippen molar-refractivity contribution < 1.29 is 31.9 Å². The average molecular weight is 589 g/mol. The highest BCUT2D eigenvalue weighted by molar-refractivity contribution is 7.89. The smallest absolute Gasteiger partial charge is 0.238 e. The molecular weight excluding hydrogens is 554 g/mol. The Labute approximate surface area is 238 Å². The van der Waals surface area contributed by atoms with Gasteiger partial charge in [-0.05, 0) is 65.9 Å². The summed E-state index contributed by atoms with van der Waals surface area (Å²) in [7, 11) is -3.87. The van der Waals surface area contributed by atoms with E-state index in [0.29, 0.717) is 12.2 Å². The maximum absolute atomic E-state index is 13.8. The summed E-state index contributed by atoms with van der Waals surface area (Å²) in [6.45, 7) is 2.61. The van der Waals surface area contributed by atoms with Crippen LogP contribution in [0.4, 0.5) is 14.5 Å². The Balaban J connectivity index is 1.58. The molecule has 0 bridgehead atoms. The first-order valence-electron chi connectivity index (χ1n) is 13.1. The number of amides is 2. The van der Waals surface area contributed by atoms with Crippen LogP contribution in [0.5, 0.6) is 0 Å². The molecule has 0 saturated carbocycles. The highest BCUT2D eigenvalue weighted by Crippen LogP contribution is 2.15. The summed E-state index contributed by atoms with van der Waals surface area (Å²) in [6.07, 6.45) is -0.689. The zero-order valence-corrected chi connectivity index (χ0v) is 23.4. The molecule has 0 saturated heterocycles. The zero-order valence-electron chi connectivity index (χ0n) is 22.6. The van der Waals surface area contributed by atoms with E-state index in [2.05, 4.69) is 22.9 Å². The van der Waals surface area contributed by atoms with E-state index in [1.165, 1.54) is 29.8 Å². The van der Waals surface area contributed by atoms with E-state index < -0.39 is 45.6 Å². The van der Waals surface area contributed by atoms with Crippen molar-refractivity contribution >= 4 is 27.5 Å². The predicted octanol–water partition coefficient (Wildman–Crippen LogP) is 2.77. The van der Waals surface area contributed by atoms with Crippen molar-refractivity contribution in [2.45, 2.75) is 56.2 Å². The van der Waals surface area contributed by atoms with E-state index in [-0.39, 0.29) is 36.3 Å². The van der Waals surface area contributed by atoms with Gasteiger partial charge in [-0.25, -0.2) is 22.3 Å². The number of primary sulfonamides is 1. The quantitative estimate of drug-likeness (QED) is 0.195. The van der Waals surface area contributed by atoms with Crippen LogP contribution in [0.15, 0.2) is 71.6 Å². The van der Waals surface area contributed by atoms with Crippen LogP contribution in [0, 0.1) is 11.6 Å². The van der Waals surface area contributed by atoms with Crippen LogP contribution in [0.2, 0.25) is 0 Å². The molecule has 2 atom stereocenters. The van der Waals surface area contributed by atoms with Crippen LogP contribution in [0.1, 0.15) is 36.5 Å². The lowest BCUT2D eigenvalue weighted by Gasteiger charge is -2.25. The van der Waals surface area contributed by atoms with Gasteiger partial charge >= 0.3 is 0 Å². The third-order valence-electron chi connectivity index (χ3n) is 6.32. The van der Waals surface area contributed by atoms with Gasteiger partial charge in [-0.15, -0.1) is 0 Å². The third kappa shape index (κ3) is 10.7. The minimum absolute atomic E-state index is 0.0445. The molecule has 12 heteroatoms. The molecular formula is C29H34F2N4O5S. The predicted molar refractivity (Wildman–Crippen MR) is 151 cm³/mol. The normalized spacial score (nSPS) is 12.9. The number of aryl methyl sites for hydroxylation is 1. The van der Waals surface area contributed by atoms with Crippen molar-refractivity contribution in [1.82, 2.24) is 10.6 Å². The highest BCUT2D eigenvalue weighted by atomic mass is 32.2. The Morgan fingerprint density at radius 3 is 2.17 bits per heavy atom. The van der Waals surface area contributed by atoms with Crippen molar-refractivity contribution in [2.24, 2.45) is 5.14 Å². The molecule has 0 spiro atoms. The summed E-state index contributed by atoms with van der Waals surface area (Å²) in [4.78, 5) is 24.9. The Morgan fingerprint density at radius 2 is 1.54 bits per heavy atom. The molecule has 41 heavy (non-hydrogen) atoms. The molecule has 0 unspecified atom stereocenters. The monoisotopic (exact) mass is 588 g/mol. The maximum Gasteiger partial charge on any atom is 0.238 e. The molecule has 3 rings (SSSR count). The number of halogens is 2. The van der Waals surface area contributed by atoms with Crippen molar-refractivity contribution in [3.63, 3.8) is 0 Å². The van der Waals surface area contributed by atoms with Crippen LogP contribution in [0.25, 0.3) is 0 Å². The summed E-state index contributed by atoms with van der Waals surface area (Å²) in [5.41, 5.74) is 2.77. The molecule has 6 N–H and O–H groups in total. The van der Waals surface area contributed by atoms with E-state index in [1.54, 1.807) is 0 Å². The highest BCUT2D eigenvalue weighted by Gasteiger charge is 2.23. The second-order valence-electron chi connectivity index (χ2n) is 9.65. The van der Waals surface area contributed by atoms with Gasteiger partial charge in [0.1, 0.15) is 11.6 Å². The largest absolute Gasteiger partial charge is 0.390 e. The Morgan fingerprint density at radius 1 is 0.902 bits per heavy atom. The van der Waals surface area contributed by atoms with Crippen molar-refractivity contribution in [2.75, 3.05) is 11.9 Å². The van der Waals surface area contributed by atoms with E-state index in [4.69, 9.17) is 5.14 Å². The molecule has 3 aromatic carbocycles. The molecule has 0 aromatic heterocycles. The van der Waals surface area contributed by atoms with Crippen molar-refractivity contribution in [3.8, 4) is 0 Å². The van der Waals surface area contributed by atoms with Gasteiger partial charge in [0.2, 0.25) is 21.8 Å². The van der Waals surface area contributed by atoms with E-state index in [1.807, 2.05) is 24.3 Å². The summed E-state index contributed by atoms with van der Waals surface area (Å²) in [5.74, 6) is -2.59. The Hall–Kier alpha value is -3.71. The van der Waals surface area contributed by atoms with Crippen LogP contribution in [-0.2, 0) is 39.0 Å². The van der Waals surface area contributed by atoms with Gasteiger partial charge in [-0.2, -0.15) is 0 Å². The van der Waals surface area contributed by atoms with Gasteiger partial charge in [0, 0.05) is 37.7 Å². The van der Waals surface area contributed by atoms with Crippen LogP contribution in [-0.4, -0.2) is 44.0 Å². The second kappa shape index (κ2) is 14.8. The number of rotatable bonds is 14. The number of nitrogens with one attached hydrogen (secondary N) is 3. The van der Waals surface area contributed by atoms with Crippen LogP contribution in [0.3, 0.4) is 0 Å². The number of anilines is 1. The number of aliphatic hydroxyl groups is 1. The first-order valence-corrected chi connectivity index (χ1v) is 14.6. The molecule has 220 valence electrons.